The van der Waals surface area contributed by atoms with Gasteiger partial charge in [-0.05, 0) is 50.1 Å². The van der Waals surface area contributed by atoms with Crippen molar-refractivity contribution in [3.05, 3.63) is 90.1 Å². The van der Waals surface area contributed by atoms with Crippen molar-refractivity contribution >= 4 is 22.5 Å². The third kappa shape index (κ3) is 3.80. The van der Waals surface area contributed by atoms with Gasteiger partial charge in [-0.3, -0.25) is 9.78 Å². The summed E-state index contributed by atoms with van der Waals surface area (Å²) in [6.07, 6.45) is 4.19. The predicted molar refractivity (Wildman–Crippen MR) is 124 cm³/mol. The van der Waals surface area contributed by atoms with Gasteiger partial charge in [-0.2, -0.15) is 0 Å². The van der Waals surface area contributed by atoms with Gasteiger partial charge in [0, 0.05) is 22.7 Å². The number of ether oxygens (including phenoxy) is 1. The maximum Gasteiger partial charge on any atom is 0.228 e. The van der Waals surface area contributed by atoms with E-state index in [0.717, 1.165) is 34.3 Å². The second-order valence-corrected chi connectivity index (χ2v) is 8.33. The molecule has 1 aliphatic carbocycles. The molecule has 2 atom stereocenters. The summed E-state index contributed by atoms with van der Waals surface area (Å²) in [5.74, 6) is 1.18. The Balaban J connectivity index is 1.37. The number of aryl methyl sites for hydroxylation is 2. The number of fused-ring (bicyclic) bond motifs is 1. The zero-order valence-corrected chi connectivity index (χ0v) is 18.1. The van der Waals surface area contributed by atoms with Crippen LogP contribution in [0.2, 0.25) is 0 Å². The van der Waals surface area contributed by atoms with Crippen molar-refractivity contribution in [2.75, 3.05) is 11.9 Å². The molecule has 1 fully saturated rings. The SMILES string of the molecule is Cc1ncc(OC[C@@]2(c3ccccc3)C[C@H]2C(=O)Nc2ccc3ncccc3c2)c(C)n1. The van der Waals surface area contributed by atoms with E-state index in [0.29, 0.717) is 18.2 Å². The van der Waals surface area contributed by atoms with Gasteiger partial charge in [-0.25, -0.2) is 9.97 Å². The Labute approximate surface area is 186 Å². The number of nitrogens with zero attached hydrogens (tertiary/aromatic N) is 3. The molecular formula is C26H24N4O2. The normalized spacial score (nSPS) is 19.5. The number of benzene rings is 2. The van der Waals surface area contributed by atoms with Crippen LogP contribution in [0, 0.1) is 19.8 Å². The molecule has 1 N–H and O–H groups in total. The molecule has 32 heavy (non-hydrogen) atoms. The Hall–Kier alpha value is -3.80. The summed E-state index contributed by atoms with van der Waals surface area (Å²) in [6.45, 7) is 4.15. The topological polar surface area (TPSA) is 77.0 Å². The van der Waals surface area contributed by atoms with Crippen molar-refractivity contribution < 1.29 is 9.53 Å². The number of nitrogens with one attached hydrogen (secondary N) is 1. The van der Waals surface area contributed by atoms with Gasteiger partial charge in [0.1, 0.15) is 5.82 Å². The third-order valence-corrected chi connectivity index (χ3v) is 6.15. The quantitative estimate of drug-likeness (QED) is 0.489. The molecule has 5 rings (SSSR count). The van der Waals surface area contributed by atoms with E-state index in [1.54, 1.807) is 12.4 Å². The second-order valence-electron chi connectivity index (χ2n) is 8.33. The van der Waals surface area contributed by atoms with E-state index in [9.17, 15) is 4.79 Å². The van der Waals surface area contributed by atoms with E-state index in [2.05, 4.69) is 32.4 Å². The van der Waals surface area contributed by atoms with Crippen LogP contribution in [0.4, 0.5) is 5.69 Å². The number of carbonyl (C=O) groups is 1. The van der Waals surface area contributed by atoms with Crippen LogP contribution in [0.3, 0.4) is 0 Å². The standard InChI is InChI=1S/C26H24N4O2/c1-17-24(15-28-18(2)29-17)32-16-26(20-8-4-3-5-9-20)14-22(26)25(31)30-21-10-11-23-19(13-21)7-6-12-27-23/h3-13,15,22H,14,16H2,1-2H3,(H,30,31)/t22-,26+/m0/s1. The average Bonchev–Trinajstić information content (AvgIpc) is 3.55. The number of rotatable bonds is 6. The van der Waals surface area contributed by atoms with Crippen molar-refractivity contribution in [3.63, 3.8) is 0 Å². The summed E-state index contributed by atoms with van der Waals surface area (Å²) in [5.41, 5.74) is 3.20. The van der Waals surface area contributed by atoms with E-state index in [1.165, 1.54) is 0 Å². The molecule has 1 aliphatic rings. The molecule has 2 aromatic carbocycles. The van der Waals surface area contributed by atoms with Gasteiger partial charge in [0.25, 0.3) is 0 Å². The first kappa shape index (κ1) is 20.1. The van der Waals surface area contributed by atoms with E-state index in [4.69, 9.17) is 4.74 Å². The third-order valence-electron chi connectivity index (χ3n) is 6.15. The molecule has 6 nitrogen and oxygen atoms in total. The molecule has 0 spiro atoms. The van der Waals surface area contributed by atoms with Crippen molar-refractivity contribution in [2.45, 2.75) is 25.7 Å². The van der Waals surface area contributed by atoms with E-state index < -0.39 is 0 Å². The molecule has 2 heterocycles. The zero-order valence-electron chi connectivity index (χ0n) is 18.1. The second kappa shape index (κ2) is 8.04. The highest BCUT2D eigenvalue weighted by atomic mass is 16.5. The minimum absolute atomic E-state index is 0.00225. The highest BCUT2D eigenvalue weighted by molar-refractivity contribution is 5.97. The maximum absolute atomic E-state index is 13.2. The Morgan fingerprint density at radius 3 is 2.75 bits per heavy atom. The summed E-state index contributed by atoms with van der Waals surface area (Å²) in [6, 6.07) is 19.8. The minimum Gasteiger partial charge on any atom is -0.489 e. The van der Waals surface area contributed by atoms with Crippen LogP contribution in [0.5, 0.6) is 5.75 Å². The molecule has 1 amide bonds. The zero-order chi connectivity index (χ0) is 22.1. The highest BCUT2D eigenvalue weighted by Crippen LogP contribution is 2.55. The molecule has 0 unspecified atom stereocenters. The van der Waals surface area contributed by atoms with Crippen LogP contribution in [-0.4, -0.2) is 27.5 Å². The molecule has 0 radical (unpaired) electrons. The molecule has 4 aromatic rings. The lowest BCUT2D eigenvalue weighted by atomic mass is 9.93. The van der Waals surface area contributed by atoms with Crippen molar-refractivity contribution in [1.29, 1.82) is 0 Å². The first-order valence-electron chi connectivity index (χ1n) is 10.7. The van der Waals surface area contributed by atoms with Gasteiger partial charge in [-0.1, -0.05) is 36.4 Å². The van der Waals surface area contributed by atoms with Crippen LogP contribution in [0.1, 0.15) is 23.5 Å². The van der Waals surface area contributed by atoms with Gasteiger partial charge in [-0.15, -0.1) is 0 Å². The Morgan fingerprint density at radius 1 is 1.09 bits per heavy atom. The molecule has 0 aliphatic heterocycles. The summed E-state index contributed by atoms with van der Waals surface area (Å²) < 4.78 is 6.15. The number of carbonyl (C=O) groups excluding carboxylic acids is 1. The summed E-state index contributed by atoms with van der Waals surface area (Å²) >= 11 is 0. The molecule has 6 heteroatoms. The van der Waals surface area contributed by atoms with Crippen LogP contribution >= 0.6 is 0 Å². The number of hydrogen-bond acceptors (Lipinski definition) is 5. The maximum atomic E-state index is 13.2. The van der Waals surface area contributed by atoms with Gasteiger partial charge < -0.3 is 10.1 Å². The Bertz CT molecular complexity index is 1290. The fourth-order valence-corrected chi connectivity index (χ4v) is 4.28. The predicted octanol–water partition coefficient (Wildman–Crippen LogP) is 4.62. The summed E-state index contributed by atoms with van der Waals surface area (Å²) in [7, 11) is 0. The van der Waals surface area contributed by atoms with Crippen molar-refractivity contribution in [1.82, 2.24) is 15.0 Å². The molecular weight excluding hydrogens is 400 g/mol. The van der Waals surface area contributed by atoms with Crippen LogP contribution in [-0.2, 0) is 10.2 Å². The molecule has 0 saturated heterocycles. The highest BCUT2D eigenvalue weighted by Gasteiger charge is 2.60. The first-order valence-corrected chi connectivity index (χ1v) is 10.7. The molecule has 0 bridgehead atoms. The number of pyridine rings is 1. The molecule has 1 saturated carbocycles. The monoisotopic (exact) mass is 424 g/mol. The number of amides is 1. The largest absolute Gasteiger partial charge is 0.489 e. The number of anilines is 1. The molecule has 2 aromatic heterocycles. The fraction of sp³-hybridized carbons (Fsp3) is 0.231. The Morgan fingerprint density at radius 2 is 1.94 bits per heavy atom. The summed E-state index contributed by atoms with van der Waals surface area (Å²) in [4.78, 5) is 26.2. The summed E-state index contributed by atoms with van der Waals surface area (Å²) in [5, 5.41) is 4.08. The van der Waals surface area contributed by atoms with Crippen molar-refractivity contribution in [3.8, 4) is 5.75 Å². The van der Waals surface area contributed by atoms with Gasteiger partial charge >= 0.3 is 0 Å². The smallest absolute Gasteiger partial charge is 0.228 e. The van der Waals surface area contributed by atoms with Gasteiger partial charge in [0.2, 0.25) is 5.91 Å². The lowest BCUT2D eigenvalue weighted by Gasteiger charge is -2.19. The van der Waals surface area contributed by atoms with E-state index in [1.807, 2.05) is 62.4 Å². The number of hydrogen-bond donors (Lipinski definition) is 1. The van der Waals surface area contributed by atoms with Gasteiger partial charge in [0.15, 0.2) is 5.75 Å². The average molecular weight is 425 g/mol. The Kier molecular flexibility index (Phi) is 5.05. The van der Waals surface area contributed by atoms with Crippen molar-refractivity contribution in [2.24, 2.45) is 5.92 Å². The van der Waals surface area contributed by atoms with Gasteiger partial charge in [0.05, 0.1) is 29.9 Å². The van der Waals surface area contributed by atoms with E-state index >= 15 is 0 Å². The lowest BCUT2D eigenvalue weighted by Crippen LogP contribution is -2.26. The van der Waals surface area contributed by atoms with Crippen LogP contribution in [0.25, 0.3) is 10.9 Å². The number of aromatic nitrogens is 3. The lowest BCUT2D eigenvalue weighted by molar-refractivity contribution is -0.117. The fourth-order valence-electron chi connectivity index (χ4n) is 4.28. The first-order chi connectivity index (χ1) is 15.5. The minimum atomic E-state index is -0.374. The molecule has 160 valence electrons. The van der Waals surface area contributed by atoms with Crippen LogP contribution < -0.4 is 10.1 Å². The van der Waals surface area contributed by atoms with Crippen LogP contribution in [0.15, 0.2) is 73.1 Å². The van der Waals surface area contributed by atoms with E-state index in [-0.39, 0.29) is 17.2 Å².